The highest BCUT2D eigenvalue weighted by atomic mass is 32.2. The van der Waals surface area contributed by atoms with E-state index in [4.69, 9.17) is 9.56 Å². The molecule has 1 aromatic heterocycles. The lowest BCUT2D eigenvalue weighted by Crippen LogP contribution is -2.16. The van der Waals surface area contributed by atoms with E-state index >= 15 is 0 Å². The van der Waals surface area contributed by atoms with Gasteiger partial charge in [0.2, 0.25) is 10.0 Å². The van der Waals surface area contributed by atoms with Gasteiger partial charge in [-0.1, -0.05) is 12.1 Å². The van der Waals surface area contributed by atoms with Crippen LogP contribution in [0.4, 0.5) is 5.69 Å². The number of rotatable bonds is 6. The van der Waals surface area contributed by atoms with Crippen LogP contribution >= 0.6 is 0 Å². The van der Waals surface area contributed by atoms with E-state index in [1.165, 1.54) is 54.6 Å². The molecule has 156 valence electrons. The molecule has 4 N–H and O–H groups in total. The summed E-state index contributed by atoms with van der Waals surface area (Å²) < 4.78 is 28.3. The normalized spacial score (nSPS) is 11.5. The first kappa shape index (κ1) is 21.5. The Morgan fingerprint density at radius 2 is 1.74 bits per heavy atom. The van der Waals surface area contributed by atoms with E-state index in [9.17, 15) is 28.4 Å². The minimum Gasteiger partial charge on any atom is -0.478 e. The average Bonchev–Trinajstić information content (AvgIpc) is 3.20. The number of benzene rings is 2. The molecule has 10 heteroatoms. The average molecular weight is 437 g/mol. The van der Waals surface area contributed by atoms with Gasteiger partial charge in [0.15, 0.2) is 0 Å². The van der Waals surface area contributed by atoms with Crippen molar-refractivity contribution in [3.8, 4) is 17.4 Å². The molecular formula is C21H15N3O6S. The number of carbonyl (C=O) groups excluding carboxylic acids is 1. The lowest BCUT2D eigenvalue weighted by molar-refractivity contribution is -0.112. The van der Waals surface area contributed by atoms with Crippen LogP contribution in [-0.4, -0.2) is 25.4 Å². The Morgan fingerprint density at radius 1 is 1.06 bits per heavy atom. The second kappa shape index (κ2) is 8.66. The number of carboxylic acids is 1. The molecule has 0 fully saturated rings. The molecule has 0 aliphatic rings. The number of hydrogen-bond acceptors (Lipinski definition) is 6. The van der Waals surface area contributed by atoms with Crippen LogP contribution in [0.5, 0.6) is 0 Å². The first-order chi connectivity index (χ1) is 14.7. The van der Waals surface area contributed by atoms with Gasteiger partial charge >= 0.3 is 5.97 Å². The first-order valence-electron chi connectivity index (χ1n) is 8.67. The van der Waals surface area contributed by atoms with Crippen molar-refractivity contribution >= 4 is 33.7 Å². The van der Waals surface area contributed by atoms with Gasteiger partial charge in [-0.15, -0.1) is 0 Å². The van der Waals surface area contributed by atoms with Crippen LogP contribution in [0.25, 0.3) is 17.4 Å². The Balaban J connectivity index is 1.83. The van der Waals surface area contributed by atoms with Gasteiger partial charge in [0.05, 0.1) is 16.1 Å². The van der Waals surface area contributed by atoms with E-state index in [0.29, 0.717) is 11.3 Å². The number of primary sulfonamides is 1. The Morgan fingerprint density at radius 3 is 2.35 bits per heavy atom. The van der Waals surface area contributed by atoms with Gasteiger partial charge in [0.25, 0.3) is 5.91 Å². The lowest BCUT2D eigenvalue weighted by Gasteiger charge is -2.07. The van der Waals surface area contributed by atoms with E-state index < -0.39 is 21.9 Å². The molecule has 1 heterocycles. The molecule has 0 atom stereocenters. The zero-order valence-electron chi connectivity index (χ0n) is 15.8. The van der Waals surface area contributed by atoms with E-state index in [-0.39, 0.29) is 27.5 Å². The van der Waals surface area contributed by atoms with Crippen LogP contribution in [0.15, 0.2) is 75.5 Å². The maximum atomic E-state index is 12.4. The minimum absolute atomic E-state index is 0.0481. The molecule has 0 saturated carbocycles. The van der Waals surface area contributed by atoms with E-state index in [1.807, 2.05) is 0 Å². The van der Waals surface area contributed by atoms with Gasteiger partial charge in [0, 0.05) is 11.6 Å². The number of nitriles is 1. The Labute approximate surface area is 177 Å². The largest absolute Gasteiger partial charge is 0.478 e. The number of carbonyl (C=O) groups is 2. The van der Waals surface area contributed by atoms with Crippen molar-refractivity contribution in [3.05, 3.63) is 77.6 Å². The number of carboxylic acid groups (broad SMARTS) is 1. The Bertz CT molecular complexity index is 1330. The highest BCUT2D eigenvalue weighted by molar-refractivity contribution is 7.89. The number of nitrogens with zero attached hydrogens (tertiary/aromatic N) is 1. The number of amides is 1. The summed E-state index contributed by atoms with van der Waals surface area (Å²) >= 11 is 0. The van der Waals surface area contributed by atoms with Gasteiger partial charge in [-0.25, -0.2) is 18.4 Å². The van der Waals surface area contributed by atoms with Crippen LogP contribution in [0.2, 0.25) is 0 Å². The van der Waals surface area contributed by atoms with Crippen molar-refractivity contribution in [2.24, 2.45) is 5.14 Å². The standard InChI is InChI=1S/C21H15N3O6S/c22-12-14(20(25)24-18-4-2-1-3-17(18)21(26)27)11-15-7-10-19(30-15)13-5-8-16(9-6-13)31(23,28)29/h1-11H,(H,24,25)(H,26,27)(H2,23,28,29). The third kappa shape index (κ3) is 5.05. The van der Waals surface area contributed by atoms with Gasteiger partial charge in [0.1, 0.15) is 23.2 Å². The summed E-state index contributed by atoms with van der Waals surface area (Å²) in [5.74, 6) is -1.45. The van der Waals surface area contributed by atoms with Crippen LogP contribution in [0.1, 0.15) is 16.1 Å². The number of nitrogens with one attached hydrogen (secondary N) is 1. The van der Waals surface area contributed by atoms with Crippen LogP contribution in [0.3, 0.4) is 0 Å². The van der Waals surface area contributed by atoms with Gasteiger partial charge in [-0.3, -0.25) is 4.79 Å². The molecule has 9 nitrogen and oxygen atoms in total. The summed E-state index contributed by atoms with van der Waals surface area (Å²) in [6, 6.07) is 16.3. The maximum Gasteiger partial charge on any atom is 0.337 e. The predicted octanol–water partition coefficient (Wildman–Crippen LogP) is 2.84. The summed E-state index contributed by atoms with van der Waals surface area (Å²) in [6.07, 6.45) is 1.21. The number of anilines is 1. The fourth-order valence-electron chi connectivity index (χ4n) is 2.65. The molecule has 31 heavy (non-hydrogen) atoms. The van der Waals surface area contributed by atoms with Crippen molar-refractivity contribution < 1.29 is 27.5 Å². The monoisotopic (exact) mass is 437 g/mol. The number of hydrogen-bond donors (Lipinski definition) is 3. The molecule has 0 spiro atoms. The molecule has 0 unspecified atom stereocenters. The fourth-order valence-corrected chi connectivity index (χ4v) is 3.17. The van der Waals surface area contributed by atoms with Gasteiger partial charge in [-0.2, -0.15) is 5.26 Å². The third-order valence-electron chi connectivity index (χ3n) is 4.15. The van der Waals surface area contributed by atoms with Gasteiger partial charge in [-0.05, 0) is 48.5 Å². The summed E-state index contributed by atoms with van der Waals surface area (Å²) in [5, 5.41) is 26.0. The summed E-state index contributed by atoms with van der Waals surface area (Å²) in [6.45, 7) is 0. The SMILES string of the molecule is N#CC(=Cc1ccc(-c2ccc(S(N)(=O)=O)cc2)o1)C(=O)Nc1ccccc1C(=O)O. The number of furan rings is 1. The summed E-state index contributed by atoms with van der Waals surface area (Å²) in [5.41, 5.74) is 0.198. The molecule has 0 aliphatic heterocycles. The molecule has 3 aromatic rings. The van der Waals surface area contributed by atoms with Crippen molar-refractivity contribution in [2.45, 2.75) is 4.90 Å². The highest BCUT2D eigenvalue weighted by Gasteiger charge is 2.16. The number of nitrogens with two attached hydrogens (primary N) is 1. The number of aromatic carboxylic acids is 1. The van der Waals surface area contributed by atoms with E-state index in [1.54, 1.807) is 18.2 Å². The molecule has 0 aliphatic carbocycles. The molecule has 2 aromatic carbocycles. The van der Waals surface area contributed by atoms with Gasteiger partial charge < -0.3 is 14.8 Å². The maximum absolute atomic E-state index is 12.4. The molecule has 0 radical (unpaired) electrons. The summed E-state index contributed by atoms with van der Waals surface area (Å²) in [4.78, 5) is 23.6. The van der Waals surface area contributed by atoms with Crippen LogP contribution in [0, 0.1) is 11.3 Å². The molecule has 1 amide bonds. The van der Waals surface area contributed by atoms with Crippen molar-refractivity contribution in [1.29, 1.82) is 5.26 Å². The van der Waals surface area contributed by atoms with Crippen LogP contribution in [-0.2, 0) is 14.8 Å². The second-order valence-corrected chi connectivity index (χ2v) is 7.81. The molecule has 0 bridgehead atoms. The smallest absolute Gasteiger partial charge is 0.337 e. The second-order valence-electron chi connectivity index (χ2n) is 6.25. The van der Waals surface area contributed by atoms with E-state index in [2.05, 4.69) is 5.32 Å². The van der Waals surface area contributed by atoms with E-state index in [0.717, 1.165) is 0 Å². The van der Waals surface area contributed by atoms with Crippen molar-refractivity contribution in [1.82, 2.24) is 0 Å². The zero-order valence-corrected chi connectivity index (χ0v) is 16.6. The first-order valence-corrected chi connectivity index (χ1v) is 10.2. The zero-order chi connectivity index (χ0) is 22.6. The van der Waals surface area contributed by atoms with Crippen molar-refractivity contribution in [2.75, 3.05) is 5.32 Å². The quantitative estimate of drug-likeness (QED) is 0.394. The Kier molecular flexibility index (Phi) is 6.01. The number of para-hydroxylation sites is 1. The number of sulfonamides is 1. The fraction of sp³-hybridized carbons (Fsp3) is 0. The van der Waals surface area contributed by atoms with Crippen LogP contribution < -0.4 is 10.5 Å². The summed E-state index contributed by atoms with van der Waals surface area (Å²) in [7, 11) is -3.82. The predicted molar refractivity (Wildman–Crippen MR) is 111 cm³/mol. The Hall–Kier alpha value is -4.20. The lowest BCUT2D eigenvalue weighted by atomic mass is 10.1. The molecule has 0 saturated heterocycles. The highest BCUT2D eigenvalue weighted by Crippen LogP contribution is 2.25. The van der Waals surface area contributed by atoms with Crippen molar-refractivity contribution in [3.63, 3.8) is 0 Å². The minimum atomic E-state index is -3.82. The topological polar surface area (TPSA) is 163 Å². The molecular weight excluding hydrogens is 422 g/mol. The molecule has 3 rings (SSSR count). The third-order valence-corrected chi connectivity index (χ3v) is 5.08.